The van der Waals surface area contributed by atoms with Crippen LogP contribution in [0, 0.1) is 6.92 Å². The van der Waals surface area contributed by atoms with E-state index in [-0.39, 0.29) is 0 Å². The largest absolute Gasteiger partial charge is 0.314 e. The number of benzene rings is 3. The zero-order valence-electron chi connectivity index (χ0n) is 14.2. The number of aryl methyl sites for hydroxylation is 1. The van der Waals surface area contributed by atoms with Gasteiger partial charge >= 0.3 is 0 Å². The standard InChI is InChI=1S/C22H24N2/c1-17-7-2-4-10-19(17)22(24-15-13-23-14-16-24)21-12-6-9-18-8-3-5-11-20(18)21/h2-12,22-23H,13-16H2,1H3. The highest BCUT2D eigenvalue weighted by Gasteiger charge is 2.26. The summed E-state index contributed by atoms with van der Waals surface area (Å²) in [6.07, 6.45) is 0. The number of rotatable bonds is 3. The molecule has 1 fully saturated rings. The average Bonchev–Trinajstić information content (AvgIpc) is 2.65. The van der Waals surface area contributed by atoms with Gasteiger partial charge in [0, 0.05) is 26.2 Å². The topological polar surface area (TPSA) is 15.3 Å². The first kappa shape index (κ1) is 15.4. The van der Waals surface area contributed by atoms with Gasteiger partial charge in [0.2, 0.25) is 0 Å². The molecule has 1 saturated heterocycles. The fourth-order valence-corrected chi connectivity index (χ4v) is 3.88. The number of fused-ring (bicyclic) bond motifs is 1. The molecule has 1 heterocycles. The second-order valence-electron chi connectivity index (χ2n) is 6.61. The van der Waals surface area contributed by atoms with Crippen LogP contribution in [-0.4, -0.2) is 31.1 Å². The molecule has 0 bridgehead atoms. The highest BCUT2D eigenvalue weighted by molar-refractivity contribution is 5.86. The Hall–Kier alpha value is -2.16. The fraction of sp³-hybridized carbons (Fsp3) is 0.273. The van der Waals surface area contributed by atoms with Crippen LogP contribution in [0.1, 0.15) is 22.7 Å². The molecule has 1 aliphatic rings. The number of nitrogens with zero attached hydrogens (tertiary/aromatic N) is 1. The van der Waals surface area contributed by atoms with Crippen molar-refractivity contribution in [2.45, 2.75) is 13.0 Å². The van der Waals surface area contributed by atoms with Crippen LogP contribution in [0.2, 0.25) is 0 Å². The van der Waals surface area contributed by atoms with Crippen LogP contribution < -0.4 is 5.32 Å². The zero-order chi connectivity index (χ0) is 16.4. The summed E-state index contributed by atoms with van der Waals surface area (Å²) in [6, 6.07) is 24.6. The van der Waals surface area contributed by atoms with E-state index in [1.54, 1.807) is 0 Å². The summed E-state index contributed by atoms with van der Waals surface area (Å²) in [5, 5.41) is 6.17. The molecule has 0 aliphatic carbocycles. The molecule has 122 valence electrons. The highest BCUT2D eigenvalue weighted by atomic mass is 15.2. The number of hydrogen-bond acceptors (Lipinski definition) is 2. The molecular formula is C22H24N2. The summed E-state index contributed by atoms with van der Waals surface area (Å²) in [7, 11) is 0. The maximum Gasteiger partial charge on any atom is 0.0611 e. The molecule has 2 nitrogen and oxygen atoms in total. The van der Waals surface area contributed by atoms with Gasteiger partial charge in [0.15, 0.2) is 0 Å². The van der Waals surface area contributed by atoms with Crippen molar-refractivity contribution in [2.24, 2.45) is 0 Å². The van der Waals surface area contributed by atoms with Crippen molar-refractivity contribution < 1.29 is 0 Å². The molecule has 2 heteroatoms. The van der Waals surface area contributed by atoms with Crippen molar-refractivity contribution in [3.05, 3.63) is 83.4 Å². The lowest BCUT2D eigenvalue weighted by Crippen LogP contribution is -2.45. The van der Waals surface area contributed by atoms with Gasteiger partial charge in [-0.3, -0.25) is 4.90 Å². The number of nitrogens with one attached hydrogen (secondary N) is 1. The van der Waals surface area contributed by atoms with Gasteiger partial charge < -0.3 is 5.32 Å². The third kappa shape index (κ3) is 2.83. The van der Waals surface area contributed by atoms with Crippen molar-refractivity contribution >= 4 is 10.8 Å². The van der Waals surface area contributed by atoms with Gasteiger partial charge in [-0.25, -0.2) is 0 Å². The van der Waals surface area contributed by atoms with Crippen LogP contribution in [0.5, 0.6) is 0 Å². The summed E-state index contributed by atoms with van der Waals surface area (Å²) in [5.74, 6) is 0. The lowest BCUT2D eigenvalue weighted by molar-refractivity contribution is 0.199. The molecule has 0 radical (unpaired) electrons. The van der Waals surface area contributed by atoms with Crippen molar-refractivity contribution in [2.75, 3.05) is 26.2 Å². The van der Waals surface area contributed by atoms with E-state index in [2.05, 4.69) is 83.9 Å². The minimum Gasteiger partial charge on any atom is -0.314 e. The predicted octanol–water partition coefficient (Wildman–Crippen LogP) is 4.14. The molecule has 0 aromatic heterocycles. The predicted molar refractivity (Wildman–Crippen MR) is 101 cm³/mol. The Balaban J connectivity index is 1.90. The van der Waals surface area contributed by atoms with Crippen LogP contribution in [0.15, 0.2) is 66.7 Å². The Kier molecular flexibility index (Phi) is 4.33. The van der Waals surface area contributed by atoms with Crippen molar-refractivity contribution in [3.63, 3.8) is 0 Å². The fourth-order valence-electron chi connectivity index (χ4n) is 3.88. The van der Waals surface area contributed by atoms with E-state index in [9.17, 15) is 0 Å². The third-order valence-electron chi connectivity index (χ3n) is 5.12. The summed E-state index contributed by atoms with van der Waals surface area (Å²) in [6.45, 7) is 6.53. The van der Waals surface area contributed by atoms with E-state index in [0.717, 1.165) is 26.2 Å². The van der Waals surface area contributed by atoms with Crippen LogP contribution >= 0.6 is 0 Å². The van der Waals surface area contributed by atoms with Crippen LogP contribution in [-0.2, 0) is 0 Å². The molecule has 0 amide bonds. The molecule has 3 aromatic rings. The number of piperazine rings is 1. The van der Waals surface area contributed by atoms with E-state index in [0.29, 0.717) is 6.04 Å². The Labute approximate surface area is 144 Å². The maximum atomic E-state index is 3.48. The van der Waals surface area contributed by atoms with E-state index < -0.39 is 0 Å². The summed E-state index contributed by atoms with van der Waals surface area (Å²) >= 11 is 0. The molecule has 1 unspecified atom stereocenters. The summed E-state index contributed by atoms with van der Waals surface area (Å²) in [5.41, 5.74) is 4.22. The van der Waals surface area contributed by atoms with Crippen molar-refractivity contribution in [1.29, 1.82) is 0 Å². The first-order valence-electron chi connectivity index (χ1n) is 8.82. The van der Waals surface area contributed by atoms with Gasteiger partial charge in [0.25, 0.3) is 0 Å². The van der Waals surface area contributed by atoms with E-state index in [4.69, 9.17) is 0 Å². The minimum absolute atomic E-state index is 0.319. The third-order valence-corrected chi connectivity index (χ3v) is 5.12. The molecule has 24 heavy (non-hydrogen) atoms. The van der Waals surface area contributed by atoms with Crippen LogP contribution in [0.3, 0.4) is 0 Å². The molecule has 1 aliphatic heterocycles. The molecular weight excluding hydrogens is 292 g/mol. The molecule has 4 rings (SSSR count). The SMILES string of the molecule is Cc1ccccc1C(c1cccc2ccccc12)N1CCNCC1. The molecule has 1 N–H and O–H groups in total. The van der Waals surface area contributed by atoms with Gasteiger partial charge in [-0.1, -0.05) is 66.7 Å². The Morgan fingerprint density at radius 1 is 0.792 bits per heavy atom. The zero-order valence-corrected chi connectivity index (χ0v) is 14.2. The molecule has 0 spiro atoms. The number of hydrogen-bond donors (Lipinski definition) is 1. The molecule has 3 aromatic carbocycles. The van der Waals surface area contributed by atoms with Gasteiger partial charge in [0.05, 0.1) is 6.04 Å². The second-order valence-corrected chi connectivity index (χ2v) is 6.61. The highest BCUT2D eigenvalue weighted by Crippen LogP contribution is 2.35. The van der Waals surface area contributed by atoms with E-state index in [1.165, 1.54) is 27.5 Å². The van der Waals surface area contributed by atoms with Gasteiger partial charge in [-0.05, 0) is 34.4 Å². The Morgan fingerprint density at radius 2 is 1.46 bits per heavy atom. The van der Waals surface area contributed by atoms with Gasteiger partial charge in [0.1, 0.15) is 0 Å². The summed E-state index contributed by atoms with van der Waals surface area (Å²) < 4.78 is 0. The van der Waals surface area contributed by atoms with Crippen molar-refractivity contribution in [3.8, 4) is 0 Å². The normalized spacial score (nSPS) is 17.0. The van der Waals surface area contributed by atoms with E-state index >= 15 is 0 Å². The first-order chi connectivity index (χ1) is 11.8. The lowest BCUT2D eigenvalue weighted by atomic mass is 9.90. The molecule has 0 saturated carbocycles. The Morgan fingerprint density at radius 3 is 2.29 bits per heavy atom. The second kappa shape index (κ2) is 6.76. The van der Waals surface area contributed by atoms with Crippen molar-refractivity contribution in [1.82, 2.24) is 10.2 Å². The average molecular weight is 316 g/mol. The Bertz CT molecular complexity index is 829. The minimum atomic E-state index is 0.319. The van der Waals surface area contributed by atoms with Crippen LogP contribution in [0.4, 0.5) is 0 Å². The summed E-state index contributed by atoms with van der Waals surface area (Å²) in [4.78, 5) is 2.63. The van der Waals surface area contributed by atoms with Gasteiger partial charge in [-0.2, -0.15) is 0 Å². The maximum absolute atomic E-state index is 3.48. The first-order valence-corrected chi connectivity index (χ1v) is 8.82. The molecule has 1 atom stereocenters. The smallest absolute Gasteiger partial charge is 0.0611 e. The van der Waals surface area contributed by atoms with Crippen LogP contribution in [0.25, 0.3) is 10.8 Å². The quantitative estimate of drug-likeness (QED) is 0.781. The van der Waals surface area contributed by atoms with Gasteiger partial charge in [-0.15, -0.1) is 0 Å². The lowest BCUT2D eigenvalue weighted by Gasteiger charge is -2.36. The van der Waals surface area contributed by atoms with E-state index in [1.807, 2.05) is 0 Å². The monoisotopic (exact) mass is 316 g/mol.